The van der Waals surface area contributed by atoms with E-state index in [0.717, 1.165) is 39.1 Å². The van der Waals surface area contributed by atoms with Gasteiger partial charge in [0.05, 0.1) is 13.1 Å². The van der Waals surface area contributed by atoms with Gasteiger partial charge in [-0.05, 0) is 56.4 Å². The molecule has 1 amide bonds. The number of rotatable bonds is 7. The van der Waals surface area contributed by atoms with Crippen LogP contribution in [0.25, 0.3) is 0 Å². The van der Waals surface area contributed by atoms with Crippen molar-refractivity contribution in [2.45, 2.75) is 31.8 Å². The first-order valence-corrected chi connectivity index (χ1v) is 8.98. The normalized spacial score (nSPS) is 21.8. The molecule has 0 N–H and O–H groups in total. The molecule has 1 atom stereocenters. The average Bonchev–Trinajstić information content (AvgIpc) is 2.59. The molecule has 1 aromatic rings. The van der Waals surface area contributed by atoms with Crippen LogP contribution in [0.4, 0.5) is 4.39 Å². The van der Waals surface area contributed by atoms with E-state index >= 15 is 0 Å². The molecule has 3 rings (SSSR count). The number of hydrogen-bond donors (Lipinski definition) is 0. The molecule has 1 aromatic carbocycles. The molecule has 138 valence electrons. The maximum Gasteiger partial charge on any atom is 0.260 e. The molecule has 2 fully saturated rings. The number of carbonyl (C=O) groups excluding carboxylic acids is 1. The zero-order chi connectivity index (χ0) is 17.7. The number of ether oxygens (including phenoxy) is 3. The first-order valence-electron chi connectivity index (χ1n) is 8.98. The van der Waals surface area contributed by atoms with Crippen LogP contribution in [0.15, 0.2) is 24.3 Å². The Hall–Kier alpha value is -1.66. The van der Waals surface area contributed by atoms with E-state index in [-0.39, 0.29) is 23.9 Å². The van der Waals surface area contributed by atoms with Crippen molar-refractivity contribution in [2.24, 2.45) is 5.92 Å². The van der Waals surface area contributed by atoms with Crippen LogP contribution in [0.1, 0.15) is 26.2 Å². The Kier molecular flexibility index (Phi) is 5.91. The Morgan fingerprint density at radius 3 is 2.84 bits per heavy atom. The fourth-order valence-corrected chi connectivity index (χ4v) is 3.58. The molecule has 0 radical (unpaired) electrons. The number of nitrogens with zero attached hydrogens (tertiary/aromatic N) is 1. The summed E-state index contributed by atoms with van der Waals surface area (Å²) in [7, 11) is 0. The lowest BCUT2D eigenvalue weighted by atomic mass is 9.79. The van der Waals surface area contributed by atoms with E-state index in [1.165, 1.54) is 24.3 Å². The smallest absolute Gasteiger partial charge is 0.260 e. The minimum absolute atomic E-state index is 0.0323. The van der Waals surface area contributed by atoms with Crippen molar-refractivity contribution in [1.82, 2.24) is 4.90 Å². The second-order valence-electron chi connectivity index (χ2n) is 6.87. The fraction of sp³-hybridized carbons (Fsp3) is 0.632. The average molecular weight is 351 g/mol. The van der Waals surface area contributed by atoms with Crippen molar-refractivity contribution < 1.29 is 23.4 Å². The number of carbonyl (C=O) groups is 1. The molecule has 5 nitrogen and oxygen atoms in total. The van der Waals surface area contributed by atoms with Gasteiger partial charge in [0.1, 0.15) is 17.2 Å². The number of halogens is 1. The number of likely N-dealkylation sites (tertiary alicyclic amines) is 1. The molecule has 0 bridgehead atoms. The Bertz CT molecular complexity index is 571. The van der Waals surface area contributed by atoms with Gasteiger partial charge in [-0.2, -0.15) is 0 Å². The Morgan fingerprint density at radius 1 is 1.36 bits per heavy atom. The van der Waals surface area contributed by atoms with Gasteiger partial charge in [-0.3, -0.25) is 4.79 Å². The first kappa shape index (κ1) is 18.1. The lowest BCUT2D eigenvalue weighted by molar-refractivity contribution is -0.190. The molecule has 6 heteroatoms. The summed E-state index contributed by atoms with van der Waals surface area (Å²) in [5.41, 5.74) is -0.180. The van der Waals surface area contributed by atoms with Crippen molar-refractivity contribution in [3.05, 3.63) is 30.1 Å². The SMILES string of the molecule is CCOCC[C@H]1CCOC2(C1)CN(C(=O)COc1ccc(F)cc1)C2. The third-order valence-corrected chi connectivity index (χ3v) is 4.96. The van der Waals surface area contributed by atoms with Gasteiger partial charge in [0.2, 0.25) is 0 Å². The predicted molar refractivity (Wildman–Crippen MR) is 91.0 cm³/mol. The molecule has 2 heterocycles. The summed E-state index contributed by atoms with van der Waals surface area (Å²) in [6, 6.07) is 5.67. The second kappa shape index (κ2) is 8.15. The molecule has 25 heavy (non-hydrogen) atoms. The van der Waals surface area contributed by atoms with E-state index in [1.807, 2.05) is 6.92 Å². The summed E-state index contributed by atoms with van der Waals surface area (Å²) in [6.07, 6.45) is 3.11. The third kappa shape index (κ3) is 4.70. The summed E-state index contributed by atoms with van der Waals surface area (Å²) in [5, 5.41) is 0. The van der Waals surface area contributed by atoms with Gasteiger partial charge in [-0.15, -0.1) is 0 Å². The molecular formula is C19H26FNO4. The van der Waals surface area contributed by atoms with Gasteiger partial charge in [0.15, 0.2) is 6.61 Å². The molecule has 0 saturated carbocycles. The Morgan fingerprint density at radius 2 is 2.12 bits per heavy atom. The molecular weight excluding hydrogens is 325 g/mol. The molecule has 0 aromatic heterocycles. The number of amides is 1. The van der Waals surface area contributed by atoms with Crippen LogP contribution < -0.4 is 4.74 Å². The van der Waals surface area contributed by atoms with Crippen molar-refractivity contribution in [3.8, 4) is 5.75 Å². The highest BCUT2D eigenvalue weighted by Gasteiger charge is 2.49. The van der Waals surface area contributed by atoms with Crippen LogP contribution in [0.2, 0.25) is 0 Å². The lowest BCUT2D eigenvalue weighted by Gasteiger charge is -2.53. The van der Waals surface area contributed by atoms with Crippen LogP contribution in [0.5, 0.6) is 5.75 Å². The number of hydrogen-bond acceptors (Lipinski definition) is 4. The van der Waals surface area contributed by atoms with Gasteiger partial charge in [-0.25, -0.2) is 4.39 Å². The summed E-state index contributed by atoms with van der Waals surface area (Å²) < 4.78 is 29.7. The lowest BCUT2D eigenvalue weighted by Crippen LogP contribution is -2.67. The van der Waals surface area contributed by atoms with Crippen molar-refractivity contribution in [3.63, 3.8) is 0 Å². The quantitative estimate of drug-likeness (QED) is 0.709. The first-order chi connectivity index (χ1) is 12.1. The standard InChI is InChI=1S/C19H26FNO4/c1-2-23-9-7-15-8-10-25-19(11-15)13-21(14-19)18(22)12-24-17-5-3-16(20)4-6-17/h3-6,15H,2,7-14H2,1H3/t15-/m0/s1. The molecule has 0 unspecified atom stereocenters. The van der Waals surface area contributed by atoms with Gasteiger partial charge >= 0.3 is 0 Å². The summed E-state index contributed by atoms with van der Waals surface area (Å²) >= 11 is 0. The van der Waals surface area contributed by atoms with Crippen molar-refractivity contribution in [1.29, 1.82) is 0 Å². The molecule has 1 spiro atoms. The van der Waals surface area contributed by atoms with Gasteiger partial charge in [0, 0.05) is 19.8 Å². The van der Waals surface area contributed by atoms with Crippen molar-refractivity contribution >= 4 is 5.91 Å². The zero-order valence-corrected chi connectivity index (χ0v) is 14.7. The fourth-order valence-electron chi connectivity index (χ4n) is 3.58. The van der Waals surface area contributed by atoms with Gasteiger partial charge in [-0.1, -0.05) is 0 Å². The molecule has 2 aliphatic rings. The Balaban J connectivity index is 1.41. The highest BCUT2D eigenvalue weighted by molar-refractivity contribution is 5.79. The Labute approximate surface area is 148 Å². The summed E-state index contributed by atoms with van der Waals surface area (Å²) in [6.45, 7) is 5.54. The van der Waals surface area contributed by atoms with Gasteiger partial charge in [0.25, 0.3) is 5.91 Å². The minimum atomic E-state index is -0.323. The van der Waals surface area contributed by atoms with E-state index in [2.05, 4.69) is 0 Å². The summed E-state index contributed by atoms with van der Waals surface area (Å²) in [4.78, 5) is 14.0. The van der Waals surface area contributed by atoms with Crippen molar-refractivity contribution in [2.75, 3.05) is 39.5 Å². The third-order valence-electron chi connectivity index (χ3n) is 4.96. The van der Waals surface area contributed by atoms with E-state index in [1.54, 1.807) is 4.90 Å². The van der Waals surface area contributed by atoms with Gasteiger partial charge < -0.3 is 19.1 Å². The highest BCUT2D eigenvalue weighted by atomic mass is 19.1. The number of benzene rings is 1. The second-order valence-corrected chi connectivity index (χ2v) is 6.87. The van der Waals surface area contributed by atoms with Crippen LogP contribution in [-0.4, -0.2) is 55.9 Å². The van der Waals surface area contributed by atoms with E-state index in [9.17, 15) is 9.18 Å². The minimum Gasteiger partial charge on any atom is -0.484 e. The highest BCUT2D eigenvalue weighted by Crippen LogP contribution is 2.38. The maximum absolute atomic E-state index is 12.9. The summed E-state index contributed by atoms with van der Waals surface area (Å²) in [5.74, 6) is 0.717. The largest absolute Gasteiger partial charge is 0.484 e. The van der Waals surface area contributed by atoms with E-state index in [0.29, 0.717) is 24.8 Å². The molecule has 0 aliphatic carbocycles. The molecule has 2 aliphatic heterocycles. The van der Waals surface area contributed by atoms with Crippen LogP contribution in [-0.2, 0) is 14.3 Å². The maximum atomic E-state index is 12.9. The topological polar surface area (TPSA) is 48.0 Å². The molecule has 2 saturated heterocycles. The van der Waals surface area contributed by atoms with E-state index < -0.39 is 0 Å². The zero-order valence-electron chi connectivity index (χ0n) is 14.7. The van der Waals surface area contributed by atoms with Crippen LogP contribution >= 0.6 is 0 Å². The predicted octanol–water partition coefficient (Wildman–Crippen LogP) is 2.64. The monoisotopic (exact) mass is 351 g/mol. The van der Waals surface area contributed by atoms with E-state index in [4.69, 9.17) is 14.2 Å². The van der Waals surface area contributed by atoms with Crippen LogP contribution in [0.3, 0.4) is 0 Å². The van der Waals surface area contributed by atoms with Crippen LogP contribution in [0, 0.1) is 11.7 Å².